The van der Waals surface area contributed by atoms with E-state index < -0.39 is 0 Å². The molecule has 0 spiro atoms. The Kier molecular flexibility index (Phi) is 2.31. The molecule has 3 nitrogen and oxygen atoms in total. The normalized spacial score (nSPS) is 15.1. The summed E-state index contributed by atoms with van der Waals surface area (Å²) in [5, 5.41) is 7.68. The molecule has 1 aromatic carbocycles. The third-order valence-electron chi connectivity index (χ3n) is 2.78. The van der Waals surface area contributed by atoms with E-state index in [-0.39, 0.29) is 0 Å². The molecule has 0 aliphatic carbocycles. The molecule has 1 aliphatic rings. The van der Waals surface area contributed by atoms with Gasteiger partial charge >= 0.3 is 0 Å². The van der Waals surface area contributed by atoms with Gasteiger partial charge in [-0.1, -0.05) is 24.3 Å². The molecule has 0 atom stereocenters. The van der Waals surface area contributed by atoms with Gasteiger partial charge in [0.25, 0.3) is 0 Å². The van der Waals surface area contributed by atoms with Crippen molar-refractivity contribution < 1.29 is 0 Å². The fourth-order valence-corrected chi connectivity index (χ4v) is 1.99. The van der Waals surface area contributed by atoms with Crippen molar-refractivity contribution >= 4 is 5.57 Å². The molecule has 0 fully saturated rings. The predicted octanol–water partition coefficient (Wildman–Crippen LogP) is 1.86. The van der Waals surface area contributed by atoms with E-state index >= 15 is 0 Å². The molecule has 3 heteroatoms. The SMILES string of the molecule is C1=C(c2ccnn2-c2ccccc2)CNC1. The summed E-state index contributed by atoms with van der Waals surface area (Å²) in [5.74, 6) is 0. The van der Waals surface area contributed by atoms with E-state index in [9.17, 15) is 0 Å². The van der Waals surface area contributed by atoms with Gasteiger partial charge in [-0.3, -0.25) is 0 Å². The lowest BCUT2D eigenvalue weighted by atomic mass is 10.2. The van der Waals surface area contributed by atoms with Gasteiger partial charge in [-0.2, -0.15) is 5.10 Å². The summed E-state index contributed by atoms with van der Waals surface area (Å²) in [4.78, 5) is 0. The van der Waals surface area contributed by atoms with Crippen LogP contribution in [0.25, 0.3) is 11.3 Å². The maximum absolute atomic E-state index is 4.38. The molecule has 0 radical (unpaired) electrons. The summed E-state index contributed by atoms with van der Waals surface area (Å²) >= 11 is 0. The highest BCUT2D eigenvalue weighted by atomic mass is 15.3. The van der Waals surface area contributed by atoms with Crippen LogP contribution >= 0.6 is 0 Å². The molecule has 80 valence electrons. The van der Waals surface area contributed by atoms with Gasteiger partial charge in [0.2, 0.25) is 0 Å². The van der Waals surface area contributed by atoms with Crippen LogP contribution in [0, 0.1) is 0 Å². The van der Waals surface area contributed by atoms with Gasteiger partial charge in [0.15, 0.2) is 0 Å². The number of rotatable bonds is 2. The fraction of sp³-hybridized carbons (Fsp3) is 0.154. The zero-order valence-electron chi connectivity index (χ0n) is 8.93. The van der Waals surface area contributed by atoms with Crippen molar-refractivity contribution in [2.24, 2.45) is 0 Å². The molecular weight excluding hydrogens is 198 g/mol. The fourth-order valence-electron chi connectivity index (χ4n) is 1.99. The van der Waals surface area contributed by atoms with E-state index in [1.807, 2.05) is 29.1 Å². The summed E-state index contributed by atoms with van der Waals surface area (Å²) in [6, 6.07) is 12.3. The Bertz CT molecular complexity index is 511. The minimum absolute atomic E-state index is 0.929. The van der Waals surface area contributed by atoms with Crippen LogP contribution in [-0.2, 0) is 0 Å². The van der Waals surface area contributed by atoms with E-state index in [1.165, 1.54) is 11.3 Å². The van der Waals surface area contributed by atoms with Gasteiger partial charge in [0.1, 0.15) is 0 Å². The van der Waals surface area contributed by atoms with Crippen LogP contribution in [0.15, 0.2) is 48.7 Å². The number of aromatic nitrogens is 2. The van der Waals surface area contributed by atoms with Crippen molar-refractivity contribution in [1.29, 1.82) is 0 Å². The van der Waals surface area contributed by atoms with Gasteiger partial charge in [-0.25, -0.2) is 4.68 Å². The molecule has 0 unspecified atom stereocenters. The quantitative estimate of drug-likeness (QED) is 0.821. The molecule has 2 aromatic rings. The molecular formula is C13H13N3. The summed E-state index contributed by atoms with van der Waals surface area (Å²) < 4.78 is 1.98. The smallest absolute Gasteiger partial charge is 0.0710 e. The van der Waals surface area contributed by atoms with Crippen LogP contribution in [0.2, 0.25) is 0 Å². The second-order valence-corrected chi connectivity index (χ2v) is 3.82. The molecule has 0 saturated carbocycles. The maximum atomic E-state index is 4.38. The van der Waals surface area contributed by atoms with Crippen molar-refractivity contribution in [2.75, 3.05) is 13.1 Å². The first-order chi connectivity index (χ1) is 7.95. The highest BCUT2D eigenvalue weighted by molar-refractivity contribution is 5.67. The largest absolute Gasteiger partial charge is 0.309 e. The summed E-state index contributed by atoms with van der Waals surface area (Å²) in [6.07, 6.45) is 4.07. The van der Waals surface area contributed by atoms with Gasteiger partial charge in [0.05, 0.1) is 17.6 Å². The molecule has 1 N–H and O–H groups in total. The minimum Gasteiger partial charge on any atom is -0.309 e. The van der Waals surface area contributed by atoms with Gasteiger partial charge in [-0.15, -0.1) is 0 Å². The zero-order chi connectivity index (χ0) is 10.8. The third-order valence-corrected chi connectivity index (χ3v) is 2.78. The Morgan fingerprint density at radius 3 is 2.75 bits per heavy atom. The number of nitrogens with zero attached hydrogens (tertiary/aromatic N) is 2. The summed E-state index contributed by atoms with van der Waals surface area (Å²) in [5.41, 5.74) is 3.60. The predicted molar refractivity (Wildman–Crippen MR) is 64.4 cm³/mol. The Morgan fingerprint density at radius 1 is 1.12 bits per heavy atom. The van der Waals surface area contributed by atoms with Crippen LogP contribution in [0.3, 0.4) is 0 Å². The van der Waals surface area contributed by atoms with E-state index in [0.717, 1.165) is 18.8 Å². The molecule has 1 aromatic heterocycles. The molecule has 2 heterocycles. The highest BCUT2D eigenvalue weighted by Crippen LogP contribution is 2.19. The van der Waals surface area contributed by atoms with E-state index in [1.54, 1.807) is 0 Å². The first-order valence-corrected chi connectivity index (χ1v) is 5.45. The van der Waals surface area contributed by atoms with Gasteiger partial charge in [-0.05, 0) is 23.8 Å². The van der Waals surface area contributed by atoms with Crippen LogP contribution < -0.4 is 5.32 Å². The van der Waals surface area contributed by atoms with Crippen molar-refractivity contribution in [3.05, 3.63) is 54.4 Å². The summed E-state index contributed by atoms with van der Waals surface area (Å²) in [7, 11) is 0. The third kappa shape index (κ3) is 1.55. The number of benzene rings is 1. The lowest BCUT2D eigenvalue weighted by Gasteiger charge is -2.07. The Hall–Kier alpha value is -1.87. The van der Waals surface area contributed by atoms with E-state index in [4.69, 9.17) is 0 Å². The van der Waals surface area contributed by atoms with Crippen LogP contribution in [-0.4, -0.2) is 22.9 Å². The van der Waals surface area contributed by atoms with Crippen molar-refractivity contribution in [2.45, 2.75) is 0 Å². The first kappa shape index (κ1) is 9.36. The zero-order valence-corrected chi connectivity index (χ0v) is 8.93. The minimum atomic E-state index is 0.929. The summed E-state index contributed by atoms with van der Waals surface area (Å²) in [6.45, 7) is 1.88. The number of para-hydroxylation sites is 1. The average molecular weight is 211 g/mol. The number of nitrogens with one attached hydrogen (secondary N) is 1. The maximum Gasteiger partial charge on any atom is 0.0710 e. The molecule has 0 amide bonds. The van der Waals surface area contributed by atoms with Gasteiger partial charge < -0.3 is 5.32 Å². The second kappa shape index (κ2) is 3.94. The Labute approximate surface area is 94.4 Å². The van der Waals surface area contributed by atoms with Crippen molar-refractivity contribution in [3.8, 4) is 5.69 Å². The van der Waals surface area contributed by atoms with Crippen LogP contribution in [0.4, 0.5) is 0 Å². The monoisotopic (exact) mass is 211 g/mol. The average Bonchev–Trinajstić information content (AvgIpc) is 3.01. The van der Waals surface area contributed by atoms with Crippen molar-refractivity contribution in [3.63, 3.8) is 0 Å². The molecule has 0 bridgehead atoms. The second-order valence-electron chi connectivity index (χ2n) is 3.82. The lowest BCUT2D eigenvalue weighted by Crippen LogP contribution is -2.09. The van der Waals surface area contributed by atoms with Crippen LogP contribution in [0.5, 0.6) is 0 Å². The number of hydrogen-bond acceptors (Lipinski definition) is 2. The Balaban J connectivity index is 2.06. The molecule has 3 rings (SSSR count). The number of hydrogen-bond donors (Lipinski definition) is 1. The molecule has 1 aliphatic heterocycles. The Morgan fingerprint density at radius 2 is 2.00 bits per heavy atom. The van der Waals surface area contributed by atoms with E-state index in [2.05, 4.69) is 34.7 Å². The standard InChI is InChI=1S/C13H13N3/c1-2-4-12(5-3-1)16-13(7-9-15-16)11-6-8-14-10-11/h1-7,9,14H,8,10H2. The van der Waals surface area contributed by atoms with E-state index in [0.29, 0.717) is 0 Å². The van der Waals surface area contributed by atoms with Crippen LogP contribution in [0.1, 0.15) is 5.69 Å². The van der Waals surface area contributed by atoms with Crippen molar-refractivity contribution in [1.82, 2.24) is 15.1 Å². The lowest BCUT2D eigenvalue weighted by molar-refractivity contribution is 0.853. The highest BCUT2D eigenvalue weighted by Gasteiger charge is 2.12. The topological polar surface area (TPSA) is 29.9 Å². The molecule has 16 heavy (non-hydrogen) atoms. The molecule has 0 saturated heterocycles. The van der Waals surface area contributed by atoms with Gasteiger partial charge in [0, 0.05) is 13.1 Å². The first-order valence-electron chi connectivity index (χ1n) is 5.45.